The summed E-state index contributed by atoms with van der Waals surface area (Å²) < 4.78 is 0. The number of carbonyl (C=O) groups is 1. The monoisotopic (exact) mass is 172 g/mol. The minimum Gasteiger partial charge on any atom is -0.481 e. The first-order valence-corrected chi connectivity index (χ1v) is 4.95. The summed E-state index contributed by atoms with van der Waals surface area (Å²) in [6.07, 6.45) is 6.31. The maximum absolute atomic E-state index is 10.6. The molecule has 0 aliphatic rings. The van der Waals surface area contributed by atoms with E-state index in [9.17, 15) is 4.79 Å². The molecule has 72 valence electrons. The Morgan fingerprint density at radius 3 is 2.33 bits per heavy atom. The van der Waals surface area contributed by atoms with Crippen LogP contribution in [0.3, 0.4) is 0 Å². The molecule has 0 amide bonds. The summed E-state index contributed by atoms with van der Waals surface area (Å²) in [5.74, 6) is -0.740. The number of rotatable bonds is 7. The minimum atomic E-state index is -0.631. The normalized spacial score (nSPS) is 12.8. The van der Waals surface area contributed by atoms with Crippen molar-refractivity contribution in [1.82, 2.24) is 0 Å². The predicted molar refractivity (Wildman–Crippen MR) is 50.2 cm³/mol. The van der Waals surface area contributed by atoms with Crippen LogP contribution in [0.25, 0.3) is 0 Å². The van der Waals surface area contributed by atoms with E-state index in [-0.39, 0.29) is 5.92 Å². The molecule has 2 nitrogen and oxygen atoms in total. The van der Waals surface area contributed by atoms with Gasteiger partial charge in [0.1, 0.15) is 0 Å². The third-order valence-electron chi connectivity index (χ3n) is 2.25. The second kappa shape index (κ2) is 7.14. The van der Waals surface area contributed by atoms with Gasteiger partial charge < -0.3 is 5.11 Å². The van der Waals surface area contributed by atoms with E-state index in [1.54, 1.807) is 0 Å². The molecule has 0 bridgehead atoms. The van der Waals surface area contributed by atoms with Gasteiger partial charge in [-0.1, -0.05) is 39.5 Å². The number of carboxylic acids is 1. The summed E-state index contributed by atoms with van der Waals surface area (Å²) in [5.41, 5.74) is 0. The summed E-state index contributed by atoms with van der Waals surface area (Å²) in [5, 5.41) is 8.73. The molecule has 0 radical (unpaired) electrons. The van der Waals surface area contributed by atoms with Gasteiger partial charge in [0.15, 0.2) is 0 Å². The predicted octanol–water partition coefficient (Wildman–Crippen LogP) is 3.07. The molecule has 0 aliphatic carbocycles. The third-order valence-corrected chi connectivity index (χ3v) is 2.25. The summed E-state index contributed by atoms with van der Waals surface area (Å²) in [6.45, 7) is 4.10. The van der Waals surface area contributed by atoms with Crippen LogP contribution in [0.1, 0.15) is 52.4 Å². The van der Waals surface area contributed by atoms with Crippen LogP contribution >= 0.6 is 0 Å². The number of carboxylic acid groups (broad SMARTS) is 1. The highest BCUT2D eigenvalue weighted by Crippen LogP contribution is 2.13. The minimum absolute atomic E-state index is 0.109. The number of unbranched alkanes of at least 4 members (excludes halogenated alkanes) is 3. The quantitative estimate of drug-likeness (QED) is 0.599. The van der Waals surface area contributed by atoms with Crippen LogP contribution in [-0.4, -0.2) is 11.1 Å². The molecule has 2 heteroatoms. The van der Waals surface area contributed by atoms with E-state index >= 15 is 0 Å². The summed E-state index contributed by atoms with van der Waals surface area (Å²) >= 11 is 0. The summed E-state index contributed by atoms with van der Waals surface area (Å²) in [4.78, 5) is 10.6. The molecule has 12 heavy (non-hydrogen) atoms. The molecular formula is C10H20O2. The van der Waals surface area contributed by atoms with Gasteiger partial charge >= 0.3 is 5.97 Å². The Labute approximate surface area is 75.0 Å². The molecular weight excluding hydrogens is 152 g/mol. The van der Waals surface area contributed by atoms with Crippen molar-refractivity contribution >= 4 is 5.97 Å². The average Bonchev–Trinajstić information content (AvgIpc) is 2.04. The van der Waals surface area contributed by atoms with Crippen LogP contribution in [0.5, 0.6) is 0 Å². The smallest absolute Gasteiger partial charge is 0.306 e. The lowest BCUT2D eigenvalue weighted by Gasteiger charge is -2.08. The maximum Gasteiger partial charge on any atom is 0.306 e. The molecule has 0 aliphatic heterocycles. The summed E-state index contributed by atoms with van der Waals surface area (Å²) in [6, 6.07) is 0. The molecule has 0 aromatic heterocycles. The van der Waals surface area contributed by atoms with Gasteiger partial charge in [-0.3, -0.25) is 4.79 Å². The Balaban J connectivity index is 3.38. The molecule has 0 spiro atoms. The highest BCUT2D eigenvalue weighted by atomic mass is 16.4. The lowest BCUT2D eigenvalue weighted by Crippen LogP contribution is -2.12. The lowest BCUT2D eigenvalue weighted by atomic mass is 9.99. The zero-order valence-electron chi connectivity index (χ0n) is 8.18. The lowest BCUT2D eigenvalue weighted by molar-refractivity contribution is -0.142. The Hall–Kier alpha value is -0.530. The topological polar surface area (TPSA) is 37.3 Å². The molecule has 0 fully saturated rings. The Morgan fingerprint density at radius 1 is 1.25 bits per heavy atom. The zero-order chi connectivity index (χ0) is 9.40. The SMILES string of the molecule is CCCCCC[C@H](CC)C(=O)O. The van der Waals surface area contributed by atoms with Crippen LogP contribution in [0.15, 0.2) is 0 Å². The van der Waals surface area contributed by atoms with Gasteiger partial charge in [0.05, 0.1) is 5.92 Å². The molecule has 1 N–H and O–H groups in total. The van der Waals surface area contributed by atoms with Crippen molar-refractivity contribution in [2.45, 2.75) is 52.4 Å². The van der Waals surface area contributed by atoms with Crippen molar-refractivity contribution in [1.29, 1.82) is 0 Å². The fraction of sp³-hybridized carbons (Fsp3) is 0.900. The molecule has 0 heterocycles. The van der Waals surface area contributed by atoms with Crippen LogP contribution in [0, 0.1) is 5.92 Å². The van der Waals surface area contributed by atoms with E-state index in [1.165, 1.54) is 19.3 Å². The molecule has 0 aromatic carbocycles. The van der Waals surface area contributed by atoms with E-state index in [1.807, 2.05) is 6.92 Å². The van der Waals surface area contributed by atoms with E-state index < -0.39 is 5.97 Å². The van der Waals surface area contributed by atoms with E-state index in [0.717, 1.165) is 19.3 Å². The van der Waals surface area contributed by atoms with Crippen molar-refractivity contribution in [3.8, 4) is 0 Å². The fourth-order valence-corrected chi connectivity index (χ4v) is 1.32. The summed E-state index contributed by atoms with van der Waals surface area (Å²) in [7, 11) is 0. The van der Waals surface area contributed by atoms with Crippen molar-refractivity contribution in [2.75, 3.05) is 0 Å². The van der Waals surface area contributed by atoms with Crippen molar-refractivity contribution in [2.24, 2.45) is 5.92 Å². The Kier molecular flexibility index (Phi) is 6.82. The molecule has 0 rings (SSSR count). The van der Waals surface area contributed by atoms with Gasteiger partial charge in [-0.15, -0.1) is 0 Å². The second-order valence-corrected chi connectivity index (χ2v) is 3.29. The average molecular weight is 172 g/mol. The van der Waals surface area contributed by atoms with Crippen molar-refractivity contribution in [3.63, 3.8) is 0 Å². The van der Waals surface area contributed by atoms with E-state index in [2.05, 4.69) is 6.92 Å². The number of hydrogen-bond acceptors (Lipinski definition) is 1. The zero-order valence-corrected chi connectivity index (χ0v) is 8.18. The first kappa shape index (κ1) is 11.5. The van der Waals surface area contributed by atoms with Gasteiger partial charge in [-0.25, -0.2) is 0 Å². The van der Waals surface area contributed by atoms with Crippen LogP contribution in [0.4, 0.5) is 0 Å². The highest BCUT2D eigenvalue weighted by Gasteiger charge is 2.13. The largest absolute Gasteiger partial charge is 0.481 e. The first-order valence-electron chi connectivity index (χ1n) is 4.95. The van der Waals surface area contributed by atoms with Crippen LogP contribution in [-0.2, 0) is 4.79 Å². The number of aliphatic carboxylic acids is 1. The highest BCUT2D eigenvalue weighted by molar-refractivity contribution is 5.69. The van der Waals surface area contributed by atoms with Crippen LogP contribution < -0.4 is 0 Å². The van der Waals surface area contributed by atoms with Crippen molar-refractivity contribution in [3.05, 3.63) is 0 Å². The van der Waals surface area contributed by atoms with Gasteiger partial charge in [0.25, 0.3) is 0 Å². The molecule has 0 saturated heterocycles. The van der Waals surface area contributed by atoms with Gasteiger partial charge in [0.2, 0.25) is 0 Å². The molecule has 0 aromatic rings. The Bertz CT molecular complexity index is 121. The number of hydrogen-bond donors (Lipinski definition) is 1. The molecule has 1 atom stereocenters. The van der Waals surface area contributed by atoms with E-state index in [4.69, 9.17) is 5.11 Å². The fourth-order valence-electron chi connectivity index (χ4n) is 1.32. The Morgan fingerprint density at radius 2 is 1.92 bits per heavy atom. The molecule has 0 saturated carbocycles. The third kappa shape index (κ3) is 5.16. The van der Waals surface area contributed by atoms with E-state index in [0.29, 0.717) is 0 Å². The molecule has 0 unspecified atom stereocenters. The standard InChI is InChI=1S/C10H20O2/c1-3-5-6-7-8-9(4-2)10(11)12/h9H,3-8H2,1-2H3,(H,11,12)/t9-/m0/s1. The van der Waals surface area contributed by atoms with Gasteiger partial charge in [0, 0.05) is 0 Å². The van der Waals surface area contributed by atoms with Gasteiger partial charge in [-0.05, 0) is 12.8 Å². The van der Waals surface area contributed by atoms with Crippen LogP contribution in [0.2, 0.25) is 0 Å². The first-order chi connectivity index (χ1) is 5.72. The van der Waals surface area contributed by atoms with Crippen molar-refractivity contribution < 1.29 is 9.90 Å². The second-order valence-electron chi connectivity index (χ2n) is 3.29. The van der Waals surface area contributed by atoms with Gasteiger partial charge in [-0.2, -0.15) is 0 Å². The maximum atomic E-state index is 10.6.